The first-order chi connectivity index (χ1) is 13.5. The van der Waals surface area contributed by atoms with Gasteiger partial charge in [0.15, 0.2) is 0 Å². The fraction of sp³-hybridized carbons (Fsp3) is 0.682. The lowest BCUT2D eigenvalue weighted by Gasteiger charge is -2.46. The smallest absolute Gasteiger partial charge is 0.251 e. The van der Waals surface area contributed by atoms with Crippen molar-refractivity contribution < 1.29 is 9.59 Å². The average Bonchev–Trinajstić information content (AvgIpc) is 3.12. The maximum Gasteiger partial charge on any atom is 0.251 e. The Bertz CT molecular complexity index is 849. The van der Waals surface area contributed by atoms with Gasteiger partial charge in [0, 0.05) is 56.7 Å². The molecule has 0 aromatic carbocycles. The lowest BCUT2D eigenvalue weighted by Crippen LogP contribution is -2.54. The van der Waals surface area contributed by atoms with Gasteiger partial charge in [-0.1, -0.05) is 18.9 Å². The second kappa shape index (κ2) is 6.75. The Labute approximate surface area is 165 Å². The van der Waals surface area contributed by atoms with E-state index < -0.39 is 6.04 Å². The number of rotatable bonds is 1. The first-order valence-corrected chi connectivity index (χ1v) is 10.8. The van der Waals surface area contributed by atoms with Crippen molar-refractivity contribution in [1.29, 1.82) is 0 Å². The van der Waals surface area contributed by atoms with Gasteiger partial charge >= 0.3 is 0 Å². The number of piperidine rings is 1. The summed E-state index contributed by atoms with van der Waals surface area (Å²) in [6.07, 6.45) is 5.86. The van der Waals surface area contributed by atoms with Crippen LogP contribution in [0.4, 0.5) is 0 Å². The quantitative estimate of drug-likeness (QED) is 0.745. The summed E-state index contributed by atoms with van der Waals surface area (Å²) in [4.78, 5) is 42.5. The highest BCUT2D eigenvalue weighted by Crippen LogP contribution is 2.43. The van der Waals surface area contributed by atoms with Gasteiger partial charge in [-0.05, 0) is 37.2 Å². The predicted molar refractivity (Wildman–Crippen MR) is 105 cm³/mol. The highest BCUT2D eigenvalue weighted by atomic mass is 16.2. The third-order valence-electron chi connectivity index (χ3n) is 7.63. The van der Waals surface area contributed by atoms with Crippen molar-refractivity contribution >= 4 is 11.8 Å². The van der Waals surface area contributed by atoms with Crippen molar-refractivity contribution in [2.45, 2.75) is 51.0 Å². The first kappa shape index (κ1) is 18.0. The lowest BCUT2D eigenvalue weighted by atomic mass is 9.78. The molecule has 6 heteroatoms. The number of likely N-dealkylation sites (tertiary alicyclic amines) is 2. The molecule has 2 bridgehead atoms. The van der Waals surface area contributed by atoms with Crippen molar-refractivity contribution in [3.63, 3.8) is 0 Å². The maximum absolute atomic E-state index is 13.7. The number of amides is 2. The molecule has 2 saturated heterocycles. The zero-order valence-corrected chi connectivity index (χ0v) is 16.5. The van der Waals surface area contributed by atoms with Crippen LogP contribution < -0.4 is 5.56 Å². The van der Waals surface area contributed by atoms with Crippen molar-refractivity contribution in [1.82, 2.24) is 14.4 Å². The Hall–Kier alpha value is -2.11. The molecule has 1 aromatic rings. The van der Waals surface area contributed by atoms with Crippen LogP contribution >= 0.6 is 0 Å². The molecule has 1 aromatic heterocycles. The van der Waals surface area contributed by atoms with E-state index in [0.29, 0.717) is 24.9 Å². The highest BCUT2D eigenvalue weighted by molar-refractivity contribution is 5.82. The molecule has 28 heavy (non-hydrogen) atoms. The zero-order chi connectivity index (χ0) is 19.4. The van der Waals surface area contributed by atoms with E-state index in [9.17, 15) is 14.4 Å². The molecule has 0 radical (unpaired) electrons. The molecule has 3 fully saturated rings. The lowest BCUT2D eigenvalue weighted by molar-refractivity contribution is -0.141. The fourth-order valence-electron chi connectivity index (χ4n) is 6.28. The first-order valence-electron chi connectivity index (χ1n) is 10.8. The molecule has 5 atom stereocenters. The van der Waals surface area contributed by atoms with Crippen LogP contribution in [0.3, 0.4) is 0 Å². The van der Waals surface area contributed by atoms with Gasteiger partial charge in [-0.3, -0.25) is 19.0 Å². The average molecular weight is 383 g/mol. The van der Waals surface area contributed by atoms with Crippen LogP contribution in [0.2, 0.25) is 0 Å². The summed E-state index contributed by atoms with van der Waals surface area (Å²) in [5.41, 5.74) is 0.836. The van der Waals surface area contributed by atoms with Crippen molar-refractivity contribution in [2.75, 3.05) is 26.2 Å². The summed E-state index contributed by atoms with van der Waals surface area (Å²) < 4.78 is 1.76. The SMILES string of the molecule is CC(=O)N1C[C@H]2C[C@@H](C1)[C@H](C(=O)N1C[C@H]3CCCC[C@H]3C1)n1c2cccc1=O. The van der Waals surface area contributed by atoms with E-state index in [4.69, 9.17) is 0 Å². The molecule has 0 spiro atoms. The molecule has 1 saturated carbocycles. The van der Waals surface area contributed by atoms with E-state index in [1.807, 2.05) is 15.9 Å². The van der Waals surface area contributed by atoms with Gasteiger partial charge in [0.2, 0.25) is 11.8 Å². The number of pyridine rings is 1. The van der Waals surface area contributed by atoms with E-state index in [1.165, 1.54) is 25.7 Å². The number of hydrogen-bond acceptors (Lipinski definition) is 3. The number of carbonyl (C=O) groups is 2. The number of fused-ring (bicyclic) bond motifs is 5. The Morgan fingerprint density at radius 3 is 2.29 bits per heavy atom. The molecular formula is C22H29N3O3. The Balaban J connectivity index is 1.50. The minimum absolute atomic E-state index is 0.0189. The van der Waals surface area contributed by atoms with Crippen LogP contribution in [0.5, 0.6) is 0 Å². The third kappa shape index (κ3) is 2.80. The van der Waals surface area contributed by atoms with Gasteiger partial charge in [0.1, 0.15) is 6.04 Å². The van der Waals surface area contributed by atoms with Crippen LogP contribution in [0.15, 0.2) is 23.0 Å². The van der Waals surface area contributed by atoms with Gasteiger partial charge < -0.3 is 9.80 Å². The van der Waals surface area contributed by atoms with E-state index in [1.54, 1.807) is 23.6 Å². The van der Waals surface area contributed by atoms with Crippen LogP contribution in [0, 0.1) is 17.8 Å². The molecule has 150 valence electrons. The standard InChI is InChI=1S/C22H29N3O3/c1-14(26)23-12-17-9-18(13-23)21(25-19(17)7-4-8-20(25)27)22(28)24-10-15-5-2-3-6-16(15)11-24/h4,7-8,15-18,21H,2-3,5-6,9-13H2,1H3/t15-,16+,17-,18+,21-/m1/s1. The molecule has 4 aliphatic rings. The van der Waals surface area contributed by atoms with E-state index in [2.05, 4.69) is 0 Å². The Morgan fingerprint density at radius 2 is 1.61 bits per heavy atom. The molecule has 0 N–H and O–H groups in total. The number of hydrogen-bond donors (Lipinski definition) is 0. The molecule has 3 aliphatic heterocycles. The second-order valence-corrected chi connectivity index (χ2v) is 9.27. The summed E-state index contributed by atoms with van der Waals surface area (Å²) in [5, 5.41) is 0. The largest absolute Gasteiger partial charge is 0.342 e. The topological polar surface area (TPSA) is 62.6 Å². The van der Waals surface area contributed by atoms with E-state index >= 15 is 0 Å². The summed E-state index contributed by atoms with van der Waals surface area (Å²) in [6.45, 7) is 4.49. The summed E-state index contributed by atoms with van der Waals surface area (Å²) in [5.74, 6) is 1.56. The van der Waals surface area contributed by atoms with Crippen LogP contribution in [-0.4, -0.2) is 52.4 Å². The molecule has 5 rings (SSSR count). The Morgan fingerprint density at radius 1 is 0.929 bits per heavy atom. The summed E-state index contributed by atoms with van der Waals surface area (Å²) in [7, 11) is 0. The zero-order valence-electron chi connectivity index (χ0n) is 16.5. The molecule has 1 aliphatic carbocycles. The van der Waals surface area contributed by atoms with Crippen molar-refractivity contribution in [2.24, 2.45) is 17.8 Å². The normalized spacial score (nSPS) is 34.0. The maximum atomic E-state index is 13.7. The Kier molecular flexibility index (Phi) is 4.33. The summed E-state index contributed by atoms with van der Waals surface area (Å²) >= 11 is 0. The highest BCUT2D eigenvalue weighted by Gasteiger charge is 2.47. The fourth-order valence-corrected chi connectivity index (χ4v) is 6.28. The monoisotopic (exact) mass is 383 g/mol. The van der Waals surface area contributed by atoms with Crippen molar-refractivity contribution in [3.05, 3.63) is 34.2 Å². The molecule has 4 heterocycles. The van der Waals surface area contributed by atoms with Crippen molar-refractivity contribution in [3.8, 4) is 0 Å². The molecular weight excluding hydrogens is 354 g/mol. The van der Waals surface area contributed by atoms with E-state index in [-0.39, 0.29) is 29.2 Å². The van der Waals surface area contributed by atoms with E-state index in [0.717, 1.165) is 25.2 Å². The van der Waals surface area contributed by atoms with Gasteiger partial charge in [0.05, 0.1) is 0 Å². The van der Waals surface area contributed by atoms with Gasteiger partial charge in [-0.15, -0.1) is 0 Å². The van der Waals surface area contributed by atoms with Crippen LogP contribution in [-0.2, 0) is 9.59 Å². The molecule has 2 amide bonds. The minimum Gasteiger partial charge on any atom is -0.342 e. The number of aromatic nitrogens is 1. The second-order valence-electron chi connectivity index (χ2n) is 9.27. The van der Waals surface area contributed by atoms with Gasteiger partial charge in [-0.2, -0.15) is 0 Å². The minimum atomic E-state index is -0.470. The predicted octanol–water partition coefficient (Wildman–Crippen LogP) is 2.00. The van der Waals surface area contributed by atoms with Gasteiger partial charge in [0.25, 0.3) is 5.56 Å². The van der Waals surface area contributed by atoms with Gasteiger partial charge in [-0.25, -0.2) is 0 Å². The van der Waals surface area contributed by atoms with Crippen LogP contribution in [0.25, 0.3) is 0 Å². The third-order valence-corrected chi connectivity index (χ3v) is 7.63. The summed E-state index contributed by atoms with van der Waals surface area (Å²) in [6, 6.07) is 4.85. The van der Waals surface area contributed by atoms with Crippen LogP contribution in [0.1, 0.15) is 56.7 Å². The molecule has 6 nitrogen and oxygen atoms in total. The number of carbonyl (C=O) groups excluding carboxylic acids is 2. The molecule has 0 unspecified atom stereocenters. The number of nitrogens with zero attached hydrogens (tertiary/aromatic N) is 3.